The van der Waals surface area contributed by atoms with Gasteiger partial charge in [0.2, 0.25) is 5.16 Å². The van der Waals surface area contributed by atoms with Crippen LogP contribution in [0.3, 0.4) is 0 Å². The standard InChI is InChI=1S/C13H17N5O2S/c1-10(19)11-4-2-3-5-12(11)20-8-9-21-13-15-16-17-18(13)7-6-14/h2-5H,6-9,14H2,1H3. The molecule has 0 atom stereocenters. The van der Waals surface area contributed by atoms with Crippen molar-refractivity contribution in [3.8, 4) is 5.75 Å². The molecule has 0 saturated carbocycles. The van der Waals surface area contributed by atoms with Crippen molar-refractivity contribution in [2.45, 2.75) is 18.6 Å². The van der Waals surface area contributed by atoms with Gasteiger partial charge in [0.1, 0.15) is 5.75 Å². The molecular formula is C13H17N5O2S. The van der Waals surface area contributed by atoms with E-state index in [0.717, 1.165) is 0 Å². The molecule has 21 heavy (non-hydrogen) atoms. The van der Waals surface area contributed by atoms with Gasteiger partial charge < -0.3 is 10.5 Å². The highest BCUT2D eigenvalue weighted by Gasteiger charge is 2.08. The Morgan fingerprint density at radius 1 is 1.43 bits per heavy atom. The number of benzene rings is 1. The summed E-state index contributed by atoms with van der Waals surface area (Å²) in [6.07, 6.45) is 0. The number of para-hydroxylation sites is 1. The van der Waals surface area contributed by atoms with E-state index in [9.17, 15) is 4.79 Å². The number of hydrogen-bond acceptors (Lipinski definition) is 7. The number of ether oxygens (including phenoxy) is 1. The number of hydrogen-bond donors (Lipinski definition) is 1. The molecule has 0 unspecified atom stereocenters. The predicted octanol–water partition coefficient (Wildman–Crippen LogP) is 1.01. The van der Waals surface area contributed by atoms with E-state index in [2.05, 4.69) is 15.5 Å². The van der Waals surface area contributed by atoms with E-state index < -0.39 is 0 Å². The number of carbonyl (C=O) groups is 1. The van der Waals surface area contributed by atoms with Crippen molar-refractivity contribution in [3.05, 3.63) is 29.8 Å². The van der Waals surface area contributed by atoms with Gasteiger partial charge in [-0.25, -0.2) is 4.68 Å². The number of aromatic nitrogens is 4. The molecular weight excluding hydrogens is 290 g/mol. The third-order valence-electron chi connectivity index (χ3n) is 2.68. The summed E-state index contributed by atoms with van der Waals surface area (Å²) >= 11 is 1.49. The van der Waals surface area contributed by atoms with Crippen LogP contribution in [-0.2, 0) is 6.54 Å². The number of nitrogens with two attached hydrogens (primary N) is 1. The maximum Gasteiger partial charge on any atom is 0.209 e. The second-order valence-electron chi connectivity index (χ2n) is 4.22. The smallest absolute Gasteiger partial charge is 0.209 e. The molecule has 0 saturated heterocycles. The fraction of sp³-hybridized carbons (Fsp3) is 0.385. The quantitative estimate of drug-likeness (QED) is 0.441. The van der Waals surface area contributed by atoms with E-state index in [-0.39, 0.29) is 5.78 Å². The maximum absolute atomic E-state index is 11.5. The van der Waals surface area contributed by atoms with Crippen LogP contribution in [0.25, 0.3) is 0 Å². The monoisotopic (exact) mass is 307 g/mol. The van der Waals surface area contributed by atoms with Crippen LogP contribution >= 0.6 is 11.8 Å². The molecule has 0 amide bonds. The Bertz CT molecular complexity index is 602. The average Bonchev–Trinajstić information content (AvgIpc) is 2.92. The molecule has 0 aliphatic heterocycles. The summed E-state index contributed by atoms with van der Waals surface area (Å²) in [5.74, 6) is 1.27. The Kier molecular flexibility index (Phi) is 5.70. The highest BCUT2D eigenvalue weighted by atomic mass is 32.2. The van der Waals surface area contributed by atoms with Crippen molar-refractivity contribution in [2.24, 2.45) is 5.73 Å². The molecule has 8 heteroatoms. The summed E-state index contributed by atoms with van der Waals surface area (Å²) in [6, 6.07) is 7.21. The minimum absolute atomic E-state index is 0.00913. The van der Waals surface area contributed by atoms with Gasteiger partial charge in [-0.3, -0.25) is 4.79 Å². The molecule has 112 valence electrons. The van der Waals surface area contributed by atoms with Crippen LogP contribution in [0.5, 0.6) is 5.75 Å². The van der Waals surface area contributed by atoms with E-state index in [1.807, 2.05) is 12.1 Å². The summed E-state index contributed by atoms with van der Waals surface area (Å²) < 4.78 is 7.31. The van der Waals surface area contributed by atoms with Crippen molar-refractivity contribution in [3.63, 3.8) is 0 Å². The van der Waals surface area contributed by atoms with Gasteiger partial charge in [0.05, 0.1) is 18.7 Å². The second-order valence-corrected chi connectivity index (χ2v) is 5.28. The molecule has 0 fully saturated rings. The number of Topliss-reactive ketones (excluding diaryl/α,β-unsaturated/α-hetero) is 1. The molecule has 0 aliphatic rings. The Hall–Kier alpha value is -1.93. The van der Waals surface area contributed by atoms with Crippen LogP contribution in [0.2, 0.25) is 0 Å². The first-order valence-electron chi connectivity index (χ1n) is 6.54. The third kappa shape index (κ3) is 4.27. The largest absolute Gasteiger partial charge is 0.492 e. The summed E-state index contributed by atoms with van der Waals surface area (Å²) in [7, 11) is 0. The molecule has 0 spiro atoms. The van der Waals surface area contributed by atoms with Crippen LogP contribution in [0.15, 0.2) is 29.4 Å². The number of carbonyl (C=O) groups excluding carboxylic acids is 1. The number of thioether (sulfide) groups is 1. The van der Waals surface area contributed by atoms with E-state index in [1.54, 1.807) is 16.8 Å². The zero-order valence-electron chi connectivity index (χ0n) is 11.7. The van der Waals surface area contributed by atoms with E-state index in [0.29, 0.717) is 41.9 Å². The minimum atomic E-state index is -0.00913. The van der Waals surface area contributed by atoms with Gasteiger partial charge in [0, 0.05) is 12.3 Å². The van der Waals surface area contributed by atoms with Gasteiger partial charge >= 0.3 is 0 Å². The third-order valence-corrected chi connectivity index (χ3v) is 3.60. The molecule has 0 bridgehead atoms. The number of rotatable bonds is 8. The predicted molar refractivity (Wildman–Crippen MR) is 79.5 cm³/mol. The Labute approximate surface area is 126 Å². The van der Waals surface area contributed by atoms with Gasteiger partial charge in [0.15, 0.2) is 5.78 Å². The average molecular weight is 307 g/mol. The normalized spacial score (nSPS) is 10.6. The summed E-state index contributed by atoms with van der Waals surface area (Å²) in [4.78, 5) is 11.5. The van der Waals surface area contributed by atoms with E-state index in [1.165, 1.54) is 18.7 Å². The first-order chi connectivity index (χ1) is 10.2. The fourth-order valence-corrected chi connectivity index (χ4v) is 2.45. The lowest BCUT2D eigenvalue weighted by Gasteiger charge is -2.09. The van der Waals surface area contributed by atoms with Crippen LogP contribution in [-0.4, -0.2) is 44.9 Å². The Morgan fingerprint density at radius 3 is 3.00 bits per heavy atom. The minimum Gasteiger partial charge on any atom is -0.492 e. The maximum atomic E-state index is 11.5. The lowest BCUT2D eigenvalue weighted by atomic mass is 10.1. The molecule has 2 rings (SSSR count). The SMILES string of the molecule is CC(=O)c1ccccc1OCCSc1nnnn1CCN. The van der Waals surface area contributed by atoms with Crippen molar-refractivity contribution in [2.75, 3.05) is 18.9 Å². The Balaban J connectivity index is 1.85. The number of nitrogens with zero attached hydrogens (tertiary/aromatic N) is 4. The second kappa shape index (κ2) is 7.75. The van der Waals surface area contributed by atoms with Crippen LogP contribution < -0.4 is 10.5 Å². The van der Waals surface area contributed by atoms with E-state index in [4.69, 9.17) is 10.5 Å². The van der Waals surface area contributed by atoms with Gasteiger partial charge in [0.25, 0.3) is 0 Å². The highest BCUT2D eigenvalue weighted by Crippen LogP contribution is 2.19. The summed E-state index contributed by atoms with van der Waals surface area (Å²) in [6.45, 7) is 3.06. The van der Waals surface area contributed by atoms with E-state index >= 15 is 0 Å². The molecule has 0 aliphatic carbocycles. The van der Waals surface area contributed by atoms with Crippen molar-refractivity contribution in [1.82, 2.24) is 20.2 Å². The van der Waals surface area contributed by atoms with Crippen LogP contribution in [0.1, 0.15) is 17.3 Å². The first kappa shape index (κ1) is 15.5. The zero-order valence-corrected chi connectivity index (χ0v) is 12.5. The molecule has 1 aromatic heterocycles. The molecule has 1 heterocycles. The van der Waals surface area contributed by atoms with Gasteiger partial charge in [-0.1, -0.05) is 23.9 Å². The van der Waals surface area contributed by atoms with Crippen LogP contribution in [0, 0.1) is 0 Å². The summed E-state index contributed by atoms with van der Waals surface area (Å²) in [5, 5.41) is 12.1. The van der Waals surface area contributed by atoms with Crippen molar-refractivity contribution >= 4 is 17.5 Å². The highest BCUT2D eigenvalue weighted by molar-refractivity contribution is 7.99. The van der Waals surface area contributed by atoms with Gasteiger partial charge in [-0.2, -0.15) is 0 Å². The van der Waals surface area contributed by atoms with Gasteiger partial charge in [-0.15, -0.1) is 5.10 Å². The first-order valence-corrected chi connectivity index (χ1v) is 7.52. The van der Waals surface area contributed by atoms with Gasteiger partial charge in [-0.05, 0) is 29.5 Å². The van der Waals surface area contributed by atoms with Crippen molar-refractivity contribution < 1.29 is 9.53 Å². The molecule has 0 radical (unpaired) electrons. The number of tetrazole rings is 1. The lowest BCUT2D eigenvalue weighted by molar-refractivity contribution is 0.101. The summed E-state index contributed by atoms with van der Waals surface area (Å²) in [5.41, 5.74) is 6.08. The van der Waals surface area contributed by atoms with Crippen LogP contribution in [0.4, 0.5) is 0 Å². The molecule has 7 nitrogen and oxygen atoms in total. The van der Waals surface area contributed by atoms with Crippen molar-refractivity contribution in [1.29, 1.82) is 0 Å². The fourth-order valence-electron chi connectivity index (χ4n) is 1.73. The topological polar surface area (TPSA) is 95.9 Å². The molecule has 2 N–H and O–H groups in total. The Morgan fingerprint density at radius 2 is 2.24 bits per heavy atom. The number of ketones is 1. The molecule has 1 aromatic carbocycles. The zero-order chi connectivity index (χ0) is 15.1. The molecule has 2 aromatic rings. The lowest BCUT2D eigenvalue weighted by Crippen LogP contribution is -2.12.